The fraction of sp³-hybridized carbons (Fsp3) is 0.714. The molecule has 0 aromatic carbocycles. The Morgan fingerprint density at radius 1 is 0.857 bits per heavy atom. The maximum absolute atomic E-state index is 10.5. The summed E-state index contributed by atoms with van der Waals surface area (Å²) in [4.78, 5) is 28.9. The van der Waals surface area contributed by atoms with Crippen LogP contribution in [-0.4, -0.2) is 41.5 Å². The van der Waals surface area contributed by atoms with Crippen LogP contribution in [0.3, 0.4) is 0 Å². The van der Waals surface area contributed by atoms with E-state index in [1.807, 2.05) is 0 Å². The summed E-state index contributed by atoms with van der Waals surface area (Å²) < 4.78 is 0. The van der Waals surface area contributed by atoms with Gasteiger partial charge in [0.05, 0.1) is 0 Å². The van der Waals surface area contributed by atoms with Gasteiger partial charge in [0.15, 0.2) is 0 Å². The van der Waals surface area contributed by atoms with E-state index in [1.165, 1.54) is 0 Å². The van der Waals surface area contributed by atoms with Gasteiger partial charge in [-0.05, 0) is 12.8 Å². The molecule has 0 unspecified atom stereocenters. The zero-order valence-electron chi connectivity index (χ0n) is 7.32. The summed E-state index contributed by atoms with van der Waals surface area (Å²) in [6.45, 7) is 0. The second kappa shape index (κ2) is 10.9. The van der Waals surface area contributed by atoms with Crippen LogP contribution in [0.2, 0.25) is 0 Å². The molecular weight excluding hydrogens is 199 g/mol. The van der Waals surface area contributed by atoms with Crippen LogP contribution in [0.4, 0.5) is 0 Å². The number of hydrogen-bond donors (Lipinski definition) is 2. The van der Waals surface area contributed by atoms with Crippen LogP contribution < -0.4 is 11.8 Å². The van der Waals surface area contributed by atoms with Gasteiger partial charge in [-0.1, -0.05) is 6.42 Å². The van der Waals surface area contributed by atoms with E-state index in [9.17, 15) is 9.59 Å². The summed E-state index contributed by atoms with van der Waals surface area (Å²) in [6, 6.07) is 0. The first-order valence-corrected chi connectivity index (χ1v) is 4.00. The van der Waals surface area contributed by atoms with E-state index < -0.39 is 11.9 Å². The molecular formula is C7H15N2NaO4. The zero-order valence-corrected chi connectivity index (χ0v) is 7.32. The molecule has 7 heteroatoms. The molecule has 0 atom stereocenters. The van der Waals surface area contributed by atoms with Crippen LogP contribution in [0.25, 0.3) is 0 Å². The van der Waals surface area contributed by atoms with Crippen LogP contribution in [0.5, 0.6) is 0 Å². The predicted octanol–water partition coefficient (Wildman–Crippen LogP) is -0.878. The fourth-order valence-electron chi connectivity index (χ4n) is 0.833. The van der Waals surface area contributed by atoms with E-state index in [4.69, 9.17) is 0 Å². The molecule has 0 aliphatic rings. The van der Waals surface area contributed by atoms with Crippen LogP contribution >= 0.6 is 0 Å². The molecule has 0 saturated carbocycles. The first-order chi connectivity index (χ1) is 6.20. The van der Waals surface area contributed by atoms with Gasteiger partial charge in [0.25, 0.3) is 0 Å². The number of nitrogens with two attached hydrogens (primary N) is 2. The molecule has 14 heavy (non-hydrogen) atoms. The molecule has 0 amide bonds. The molecule has 78 valence electrons. The van der Waals surface area contributed by atoms with Gasteiger partial charge >= 0.3 is 41.5 Å². The molecule has 0 aliphatic carbocycles. The third-order valence-corrected chi connectivity index (χ3v) is 1.52. The molecule has 4 N–H and O–H groups in total. The van der Waals surface area contributed by atoms with Gasteiger partial charge in [-0.2, -0.15) is 11.8 Å². The molecule has 0 spiro atoms. The first-order valence-electron chi connectivity index (χ1n) is 4.00. The normalized spacial score (nSPS) is 8.71. The molecule has 0 aliphatic heterocycles. The number of carbonyl (C=O) groups is 2. The Labute approximate surface area is 104 Å². The standard InChI is InChI=1S/C7H14N2O4.Na.H/c8-12-6(10)4-2-1-3-5-7(11)13-9;;/h1-5,8-9H2;;. The van der Waals surface area contributed by atoms with E-state index in [-0.39, 0.29) is 42.4 Å². The van der Waals surface area contributed by atoms with E-state index in [0.717, 1.165) is 6.42 Å². The molecule has 0 radical (unpaired) electrons. The van der Waals surface area contributed by atoms with Crippen molar-refractivity contribution >= 4 is 41.5 Å². The molecule has 0 rings (SSSR count). The Morgan fingerprint density at radius 3 is 1.50 bits per heavy atom. The number of rotatable bonds is 6. The fourth-order valence-corrected chi connectivity index (χ4v) is 0.833. The van der Waals surface area contributed by atoms with Crippen LogP contribution in [0.15, 0.2) is 0 Å². The molecule has 0 saturated heterocycles. The Morgan fingerprint density at radius 2 is 1.21 bits per heavy atom. The van der Waals surface area contributed by atoms with Crippen LogP contribution in [-0.2, 0) is 19.3 Å². The Kier molecular flexibility index (Phi) is 12.7. The van der Waals surface area contributed by atoms with E-state index in [2.05, 4.69) is 21.5 Å². The third kappa shape index (κ3) is 9.94. The Hall–Kier alpha value is -0.140. The number of hydrogen-bond acceptors (Lipinski definition) is 6. The Bertz CT molecular complexity index is 159. The first kappa shape index (κ1) is 16.3. The van der Waals surface area contributed by atoms with E-state index >= 15 is 0 Å². The van der Waals surface area contributed by atoms with Gasteiger partial charge in [0.1, 0.15) is 0 Å². The summed E-state index contributed by atoms with van der Waals surface area (Å²) in [7, 11) is 0. The molecule has 0 aromatic rings. The van der Waals surface area contributed by atoms with Crippen molar-refractivity contribution in [1.82, 2.24) is 0 Å². The summed E-state index contributed by atoms with van der Waals surface area (Å²) in [6.07, 6.45) is 2.58. The molecule has 0 fully saturated rings. The van der Waals surface area contributed by atoms with Crippen molar-refractivity contribution < 1.29 is 19.3 Å². The summed E-state index contributed by atoms with van der Waals surface area (Å²) in [5, 5.41) is 0. The molecule has 0 bridgehead atoms. The molecule has 6 nitrogen and oxygen atoms in total. The van der Waals surface area contributed by atoms with Gasteiger partial charge in [-0.3, -0.25) is 9.59 Å². The minimum absolute atomic E-state index is 0. The monoisotopic (exact) mass is 214 g/mol. The van der Waals surface area contributed by atoms with Crippen molar-refractivity contribution in [3.8, 4) is 0 Å². The maximum atomic E-state index is 10.5. The van der Waals surface area contributed by atoms with Gasteiger partial charge < -0.3 is 9.68 Å². The number of carbonyl (C=O) groups excluding carboxylic acids is 2. The molecule has 0 aromatic heterocycles. The van der Waals surface area contributed by atoms with Crippen molar-refractivity contribution in [2.75, 3.05) is 0 Å². The van der Waals surface area contributed by atoms with Crippen LogP contribution in [0.1, 0.15) is 32.1 Å². The Balaban J connectivity index is 0. The van der Waals surface area contributed by atoms with Crippen LogP contribution in [0, 0.1) is 0 Å². The van der Waals surface area contributed by atoms with Crippen molar-refractivity contribution in [1.29, 1.82) is 0 Å². The summed E-state index contributed by atoms with van der Waals surface area (Å²) >= 11 is 0. The average molecular weight is 214 g/mol. The summed E-state index contributed by atoms with van der Waals surface area (Å²) in [5.41, 5.74) is 0. The van der Waals surface area contributed by atoms with Gasteiger partial charge in [0, 0.05) is 12.8 Å². The summed E-state index contributed by atoms with van der Waals surface area (Å²) in [5.74, 6) is 8.35. The predicted molar refractivity (Wildman–Crippen MR) is 50.8 cm³/mol. The van der Waals surface area contributed by atoms with E-state index in [0.29, 0.717) is 12.8 Å². The second-order valence-corrected chi connectivity index (χ2v) is 2.54. The SMILES string of the molecule is NOC(=O)CCCCCC(=O)ON.[NaH]. The average Bonchev–Trinajstić information content (AvgIpc) is 2.16. The van der Waals surface area contributed by atoms with Gasteiger partial charge in [-0.15, -0.1) is 0 Å². The van der Waals surface area contributed by atoms with Gasteiger partial charge in [-0.25, -0.2) is 0 Å². The second-order valence-electron chi connectivity index (χ2n) is 2.54. The zero-order chi connectivity index (χ0) is 10.1. The van der Waals surface area contributed by atoms with E-state index in [1.54, 1.807) is 0 Å². The third-order valence-electron chi connectivity index (χ3n) is 1.52. The van der Waals surface area contributed by atoms with Crippen molar-refractivity contribution in [3.63, 3.8) is 0 Å². The van der Waals surface area contributed by atoms with Crippen molar-refractivity contribution in [2.45, 2.75) is 32.1 Å². The topological polar surface area (TPSA) is 105 Å². The van der Waals surface area contributed by atoms with Crippen molar-refractivity contribution in [2.24, 2.45) is 11.8 Å². The number of unbranched alkanes of at least 4 members (excludes halogenated alkanes) is 2. The van der Waals surface area contributed by atoms with Crippen molar-refractivity contribution in [3.05, 3.63) is 0 Å². The molecule has 0 heterocycles. The van der Waals surface area contributed by atoms with Gasteiger partial charge in [0.2, 0.25) is 0 Å². The quantitative estimate of drug-likeness (QED) is 0.338. The minimum atomic E-state index is -0.443.